The summed E-state index contributed by atoms with van der Waals surface area (Å²) in [6, 6.07) is 6.46. The van der Waals surface area contributed by atoms with E-state index in [0.29, 0.717) is 22.5 Å². The van der Waals surface area contributed by atoms with Gasteiger partial charge in [-0.3, -0.25) is 0 Å². The molecule has 0 spiro atoms. The van der Waals surface area contributed by atoms with Crippen LogP contribution in [0.5, 0.6) is 0 Å². The van der Waals surface area contributed by atoms with Crippen LogP contribution in [0.1, 0.15) is 24.7 Å². The number of hydrogen-bond acceptors (Lipinski definition) is 3. The monoisotopic (exact) mass is 279 g/mol. The Bertz CT molecular complexity index is 587. The third-order valence-electron chi connectivity index (χ3n) is 2.60. The zero-order valence-electron chi connectivity index (χ0n) is 10.9. The summed E-state index contributed by atoms with van der Waals surface area (Å²) < 4.78 is 13.7. The summed E-state index contributed by atoms with van der Waals surface area (Å²) in [5.41, 5.74) is 1.36. The highest BCUT2D eigenvalue weighted by Crippen LogP contribution is 2.21. The van der Waals surface area contributed by atoms with Crippen LogP contribution < -0.4 is 5.32 Å². The number of anilines is 2. The van der Waals surface area contributed by atoms with Gasteiger partial charge in [0.2, 0.25) is 0 Å². The van der Waals surface area contributed by atoms with Gasteiger partial charge in [-0.05, 0) is 31.0 Å². The summed E-state index contributed by atoms with van der Waals surface area (Å²) in [4.78, 5) is 8.44. The van der Waals surface area contributed by atoms with Gasteiger partial charge < -0.3 is 5.32 Å². The third-order valence-corrected chi connectivity index (χ3v) is 2.79. The number of halogens is 2. The zero-order valence-corrected chi connectivity index (χ0v) is 11.6. The number of nitrogens with zero attached hydrogens (tertiary/aromatic N) is 2. The highest BCUT2D eigenvalue weighted by Gasteiger charge is 2.06. The number of aryl methyl sites for hydroxylation is 2. The smallest absolute Gasteiger partial charge is 0.146 e. The van der Waals surface area contributed by atoms with Gasteiger partial charge in [-0.15, -0.1) is 0 Å². The lowest BCUT2D eigenvalue weighted by Gasteiger charge is -2.09. The Morgan fingerprint density at radius 3 is 2.79 bits per heavy atom. The lowest BCUT2D eigenvalue weighted by Crippen LogP contribution is -2.01. The number of nitrogens with one attached hydrogen (secondary N) is 1. The van der Waals surface area contributed by atoms with Gasteiger partial charge in [0, 0.05) is 12.5 Å². The van der Waals surface area contributed by atoms with Crippen molar-refractivity contribution in [3.8, 4) is 0 Å². The highest BCUT2D eigenvalue weighted by atomic mass is 35.5. The lowest BCUT2D eigenvalue weighted by molar-refractivity contribution is 0.631. The molecule has 19 heavy (non-hydrogen) atoms. The molecule has 0 fully saturated rings. The Morgan fingerprint density at radius 1 is 1.26 bits per heavy atom. The molecule has 0 atom stereocenters. The molecule has 1 aromatic carbocycles. The number of rotatable bonds is 4. The molecule has 1 N–H and O–H groups in total. The van der Waals surface area contributed by atoms with Crippen LogP contribution in [0.3, 0.4) is 0 Å². The van der Waals surface area contributed by atoms with Crippen LogP contribution in [0.4, 0.5) is 15.9 Å². The highest BCUT2D eigenvalue weighted by molar-refractivity contribution is 6.29. The molecule has 1 heterocycles. The van der Waals surface area contributed by atoms with Crippen LogP contribution in [0.2, 0.25) is 5.15 Å². The topological polar surface area (TPSA) is 37.8 Å². The molecule has 5 heteroatoms. The van der Waals surface area contributed by atoms with Crippen LogP contribution in [0.15, 0.2) is 24.3 Å². The van der Waals surface area contributed by atoms with Crippen LogP contribution >= 0.6 is 11.6 Å². The van der Waals surface area contributed by atoms with Crippen molar-refractivity contribution in [3.63, 3.8) is 0 Å². The maximum absolute atomic E-state index is 13.7. The van der Waals surface area contributed by atoms with Crippen molar-refractivity contribution in [2.45, 2.75) is 26.7 Å². The molecular formula is C14H15ClFN3. The molecular weight excluding hydrogens is 265 g/mol. The molecule has 0 bridgehead atoms. The summed E-state index contributed by atoms with van der Waals surface area (Å²) in [6.45, 7) is 3.94. The van der Waals surface area contributed by atoms with Gasteiger partial charge >= 0.3 is 0 Å². The molecule has 0 saturated heterocycles. The van der Waals surface area contributed by atoms with Crippen LogP contribution in [-0.4, -0.2) is 9.97 Å². The van der Waals surface area contributed by atoms with E-state index in [4.69, 9.17) is 11.6 Å². The van der Waals surface area contributed by atoms with Crippen molar-refractivity contribution in [2.24, 2.45) is 0 Å². The fourth-order valence-electron chi connectivity index (χ4n) is 1.74. The Kier molecular flexibility index (Phi) is 4.32. The minimum Gasteiger partial charge on any atom is -0.338 e. The van der Waals surface area contributed by atoms with Crippen molar-refractivity contribution in [1.29, 1.82) is 0 Å². The van der Waals surface area contributed by atoms with Crippen LogP contribution in [0, 0.1) is 12.7 Å². The average Bonchev–Trinajstić information content (AvgIpc) is 2.33. The van der Waals surface area contributed by atoms with E-state index < -0.39 is 0 Å². The van der Waals surface area contributed by atoms with E-state index in [1.807, 2.05) is 13.8 Å². The van der Waals surface area contributed by atoms with Gasteiger partial charge in [0.25, 0.3) is 0 Å². The summed E-state index contributed by atoms with van der Waals surface area (Å²) in [5.74, 6) is 0.843. The largest absolute Gasteiger partial charge is 0.338 e. The van der Waals surface area contributed by atoms with Gasteiger partial charge in [-0.1, -0.05) is 24.6 Å². The fourth-order valence-corrected chi connectivity index (χ4v) is 1.94. The molecule has 0 radical (unpaired) electrons. The number of hydrogen-bond donors (Lipinski definition) is 1. The summed E-state index contributed by atoms with van der Waals surface area (Å²) in [5, 5.41) is 3.30. The molecule has 0 aliphatic rings. The molecule has 0 aliphatic heterocycles. The summed E-state index contributed by atoms with van der Waals surface area (Å²) in [7, 11) is 0. The predicted octanol–water partition coefficient (Wildman–Crippen LogP) is 4.27. The van der Waals surface area contributed by atoms with E-state index >= 15 is 0 Å². The maximum Gasteiger partial charge on any atom is 0.146 e. The number of benzene rings is 1. The molecule has 2 aromatic rings. The first kappa shape index (κ1) is 13.7. The van der Waals surface area contributed by atoms with Crippen molar-refractivity contribution < 1.29 is 4.39 Å². The second kappa shape index (κ2) is 5.97. The SMILES string of the molecule is CCCc1nc(Cl)cc(Nc2cc(C)ccc2F)n1. The van der Waals surface area contributed by atoms with E-state index in [1.54, 1.807) is 18.2 Å². The summed E-state index contributed by atoms with van der Waals surface area (Å²) >= 11 is 5.94. The maximum atomic E-state index is 13.7. The predicted molar refractivity (Wildman–Crippen MR) is 75.5 cm³/mol. The molecule has 0 saturated carbocycles. The van der Waals surface area contributed by atoms with Crippen LogP contribution in [-0.2, 0) is 6.42 Å². The van der Waals surface area contributed by atoms with E-state index in [2.05, 4.69) is 15.3 Å². The fraction of sp³-hybridized carbons (Fsp3) is 0.286. The van der Waals surface area contributed by atoms with Crippen molar-refractivity contribution in [3.05, 3.63) is 46.6 Å². The van der Waals surface area contributed by atoms with Gasteiger partial charge in [0.1, 0.15) is 22.6 Å². The molecule has 0 unspecified atom stereocenters. The van der Waals surface area contributed by atoms with Crippen molar-refractivity contribution >= 4 is 23.1 Å². The molecule has 1 aromatic heterocycles. The van der Waals surface area contributed by atoms with Gasteiger partial charge in [0.15, 0.2) is 0 Å². The molecule has 2 rings (SSSR count). The molecule has 3 nitrogen and oxygen atoms in total. The standard InChI is InChI=1S/C14H15ClFN3/c1-3-4-13-18-12(15)8-14(19-13)17-11-7-9(2)5-6-10(11)16/h5-8H,3-4H2,1-2H3,(H,17,18,19). The van der Waals surface area contributed by atoms with Gasteiger partial charge in [0.05, 0.1) is 5.69 Å². The van der Waals surface area contributed by atoms with E-state index in [1.165, 1.54) is 6.07 Å². The third kappa shape index (κ3) is 3.64. The van der Waals surface area contributed by atoms with Gasteiger partial charge in [-0.2, -0.15) is 0 Å². The summed E-state index contributed by atoms with van der Waals surface area (Å²) in [6.07, 6.45) is 1.67. The molecule has 0 amide bonds. The quantitative estimate of drug-likeness (QED) is 0.849. The van der Waals surface area contributed by atoms with Crippen LogP contribution in [0.25, 0.3) is 0 Å². The second-order valence-electron chi connectivity index (χ2n) is 4.35. The second-order valence-corrected chi connectivity index (χ2v) is 4.74. The van der Waals surface area contributed by atoms with Crippen molar-refractivity contribution in [2.75, 3.05) is 5.32 Å². The van der Waals surface area contributed by atoms with E-state index in [9.17, 15) is 4.39 Å². The lowest BCUT2D eigenvalue weighted by atomic mass is 10.2. The Hall–Kier alpha value is -1.68. The Balaban J connectivity index is 2.29. The number of aromatic nitrogens is 2. The zero-order chi connectivity index (χ0) is 13.8. The van der Waals surface area contributed by atoms with E-state index in [0.717, 1.165) is 18.4 Å². The molecule has 0 aliphatic carbocycles. The van der Waals surface area contributed by atoms with Crippen molar-refractivity contribution in [1.82, 2.24) is 9.97 Å². The Labute approximate surface area is 116 Å². The molecule has 100 valence electrons. The first-order chi connectivity index (χ1) is 9.08. The normalized spacial score (nSPS) is 10.5. The first-order valence-electron chi connectivity index (χ1n) is 6.15. The Morgan fingerprint density at radius 2 is 2.05 bits per heavy atom. The average molecular weight is 280 g/mol. The van der Waals surface area contributed by atoms with E-state index in [-0.39, 0.29) is 5.82 Å². The minimum absolute atomic E-state index is 0.322. The van der Waals surface area contributed by atoms with Gasteiger partial charge in [-0.25, -0.2) is 14.4 Å². The minimum atomic E-state index is -0.322. The first-order valence-corrected chi connectivity index (χ1v) is 6.53.